The van der Waals surface area contributed by atoms with Gasteiger partial charge in [0.15, 0.2) is 34.5 Å². The Morgan fingerprint density at radius 3 is 1.28 bits per heavy atom. The summed E-state index contributed by atoms with van der Waals surface area (Å²) < 4.78 is 32.9. The van der Waals surface area contributed by atoms with Gasteiger partial charge in [0, 0.05) is 17.7 Å². The highest BCUT2D eigenvalue weighted by molar-refractivity contribution is 5.64. The number of nitrogens with two attached hydrogens (primary N) is 1. The van der Waals surface area contributed by atoms with Gasteiger partial charge in [0.2, 0.25) is 0 Å². The average molecular weight is 440 g/mol. The Bertz CT molecular complexity index is 1030. The molecule has 0 fully saturated rings. The third-order valence-electron chi connectivity index (χ3n) is 5.38. The van der Waals surface area contributed by atoms with E-state index in [-0.39, 0.29) is 5.92 Å². The van der Waals surface area contributed by atoms with E-state index in [9.17, 15) is 0 Å². The molecule has 0 aromatic heterocycles. The van der Waals surface area contributed by atoms with E-state index >= 15 is 0 Å². The van der Waals surface area contributed by atoms with Gasteiger partial charge >= 0.3 is 0 Å². The van der Waals surface area contributed by atoms with Gasteiger partial charge in [-0.05, 0) is 47.0 Å². The van der Waals surface area contributed by atoms with Crippen LogP contribution in [0.3, 0.4) is 0 Å². The third-order valence-corrected chi connectivity index (χ3v) is 5.38. The van der Waals surface area contributed by atoms with Crippen LogP contribution in [0.25, 0.3) is 0 Å². The summed E-state index contributed by atoms with van der Waals surface area (Å²) in [6, 6.07) is 15.3. The first kappa shape index (κ1) is 22.9. The monoisotopic (exact) mass is 439 g/mol. The molecule has 0 amide bonds. The Balaban J connectivity index is 2.28. The molecule has 170 valence electrons. The maximum Gasteiger partial charge on any atom is 0.162 e. The van der Waals surface area contributed by atoms with Crippen LogP contribution in [-0.4, -0.2) is 42.7 Å². The van der Waals surface area contributed by atoms with Crippen LogP contribution < -0.4 is 34.2 Å². The molecule has 0 atom stereocenters. The molecule has 0 radical (unpaired) electrons. The van der Waals surface area contributed by atoms with Gasteiger partial charge in [-0.15, -0.1) is 0 Å². The summed E-state index contributed by atoms with van der Waals surface area (Å²) in [4.78, 5) is 0. The van der Waals surface area contributed by atoms with Crippen molar-refractivity contribution < 1.29 is 28.4 Å². The molecule has 0 heterocycles. The Morgan fingerprint density at radius 2 is 0.875 bits per heavy atom. The van der Waals surface area contributed by atoms with Gasteiger partial charge in [0.1, 0.15) is 0 Å². The van der Waals surface area contributed by atoms with E-state index in [0.29, 0.717) is 40.2 Å². The minimum Gasteiger partial charge on any atom is -0.493 e. The Hall–Kier alpha value is -3.74. The molecule has 0 saturated carbocycles. The Kier molecular flexibility index (Phi) is 7.20. The van der Waals surface area contributed by atoms with Crippen molar-refractivity contribution in [2.45, 2.75) is 5.92 Å². The van der Waals surface area contributed by atoms with Crippen molar-refractivity contribution in [3.05, 3.63) is 65.2 Å². The second kappa shape index (κ2) is 10.0. The highest BCUT2D eigenvalue weighted by Gasteiger charge is 2.24. The first-order valence-corrected chi connectivity index (χ1v) is 9.96. The van der Waals surface area contributed by atoms with Crippen molar-refractivity contribution in [2.75, 3.05) is 48.4 Å². The largest absolute Gasteiger partial charge is 0.493 e. The van der Waals surface area contributed by atoms with Crippen LogP contribution in [-0.2, 0) is 0 Å². The molecular formula is C25H29NO6. The zero-order chi connectivity index (χ0) is 23.3. The number of hydrogen-bond donors (Lipinski definition) is 1. The van der Waals surface area contributed by atoms with Crippen LogP contribution in [0.2, 0.25) is 0 Å². The van der Waals surface area contributed by atoms with E-state index in [0.717, 1.165) is 16.7 Å². The summed E-state index contributed by atoms with van der Waals surface area (Å²) in [6.07, 6.45) is 0. The van der Waals surface area contributed by atoms with Gasteiger partial charge in [-0.3, -0.25) is 0 Å². The minimum absolute atomic E-state index is 0.255. The number of ether oxygens (including phenoxy) is 6. The van der Waals surface area contributed by atoms with Gasteiger partial charge in [0.25, 0.3) is 0 Å². The van der Waals surface area contributed by atoms with E-state index in [4.69, 9.17) is 34.2 Å². The molecule has 3 aromatic carbocycles. The predicted octanol–water partition coefficient (Wildman–Crippen LogP) is 4.50. The van der Waals surface area contributed by atoms with Crippen LogP contribution >= 0.6 is 0 Å². The van der Waals surface area contributed by atoms with Crippen LogP contribution in [0.4, 0.5) is 5.69 Å². The number of benzene rings is 3. The molecule has 0 saturated heterocycles. The molecular weight excluding hydrogens is 410 g/mol. The summed E-state index contributed by atoms with van der Waals surface area (Å²) in [5, 5.41) is 0. The lowest BCUT2D eigenvalue weighted by Crippen LogP contribution is -2.09. The van der Waals surface area contributed by atoms with Gasteiger partial charge in [0.05, 0.1) is 42.7 Å². The zero-order valence-corrected chi connectivity index (χ0v) is 19.2. The molecule has 0 bridgehead atoms. The Morgan fingerprint density at radius 1 is 0.500 bits per heavy atom. The van der Waals surface area contributed by atoms with Gasteiger partial charge < -0.3 is 34.2 Å². The van der Waals surface area contributed by atoms with Crippen molar-refractivity contribution in [1.82, 2.24) is 0 Å². The molecule has 2 N–H and O–H groups in total. The SMILES string of the molecule is COc1ccc(C(c2ccc(OC)c(OC)c2)c2cc(OC)c(OC)cc2N)cc1OC. The summed E-state index contributed by atoms with van der Waals surface area (Å²) in [5.74, 6) is 3.42. The van der Waals surface area contributed by atoms with Crippen LogP contribution in [0.5, 0.6) is 34.5 Å². The molecule has 0 aliphatic rings. The van der Waals surface area contributed by atoms with Gasteiger partial charge in [-0.25, -0.2) is 0 Å². The van der Waals surface area contributed by atoms with E-state index in [1.54, 1.807) is 48.7 Å². The maximum atomic E-state index is 6.50. The lowest BCUT2D eigenvalue weighted by molar-refractivity contribution is 0.353. The first-order chi connectivity index (χ1) is 15.5. The van der Waals surface area contributed by atoms with E-state index in [1.807, 2.05) is 42.5 Å². The van der Waals surface area contributed by atoms with Crippen molar-refractivity contribution in [3.8, 4) is 34.5 Å². The van der Waals surface area contributed by atoms with E-state index in [1.165, 1.54) is 0 Å². The topological polar surface area (TPSA) is 81.4 Å². The smallest absolute Gasteiger partial charge is 0.162 e. The lowest BCUT2D eigenvalue weighted by Gasteiger charge is -2.24. The minimum atomic E-state index is -0.255. The lowest BCUT2D eigenvalue weighted by atomic mass is 9.83. The van der Waals surface area contributed by atoms with Gasteiger partial charge in [-0.1, -0.05) is 12.1 Å². The standard InChI is InChI=1S/C25H29NO6/c1-27-19-9-7-15(11-21(19)29-3)25(16-8-10-20(28-2)22(12-16)30-4)17-13-23(31-5)24(32-6)14-18(17)26/h7-14,25H,26H2,1-6H3. The Labute approximate surface area is 188 Å². The van der Waals surface area contributed by atoms with E-state index in [2.05, 4.69) is 0 Å². The molecule has 7 nitrogen and oxygen atoms in total. The molecule has 3 rings (SSSR count). The summed E-state index contributed by atoms with van der Waals surface area (Å²) >= 11 is 0. The number of rotatable bonds is 9. The average Bonchev–Trinajstić information content (AvgIpc) is 2.84. The van der Waals surface area contributed by atoms with Crippen molar-refractivity contribution in [3.63, 3.8) is 0 Å². The van der Waals surface area contributed by atoms with Crippen molar-refractivity contribution in [1.29, 1.82) is 0 Å². The highest BCUT2D eigenvalue weighted by atomic mass is 16.5. The number of methoxy groups -OCH3 is 6. The summed E-state index contributed by atoms with van der Waals surface area (Å²) in [6.45, 7) is 0. The second-order valence-corrected chi connectivity index (χ2v) is 7.00. The van der Waals surface area contributed by atoms with Crippen molar-refractivity contribution >= 4 is 5.69 Å². The van der Waals surface area contributed by atoms with E-state index < -0.39 is 0 Å². The van der Waals surface area contributed by atoms with Crippen LogP contribution in [0.15, 0.2) is 48.5 Å². The van der Waals surface area contributed by atoms with Gasteiger partial charge in [-0.2, -0.15) is 0 Å². The second-order valence-electron chi connectivity index (χ2n) is 7.00. The molecule has 0 spiro atoms. The van der Waals surface area contributed by atoms with Crippen LogP contribution in [0.1, 0.15) is 22.6 Å². The molecule has 32 heavy (non-hydrogen) atoms. The third kappa shape index (κ3) is 4.32. The number of nitrogen functional groups attached to an aromatic ring is 1. The van der Waals surface area contributed by atoms with Crippen molar-refractivity contribution in [2.24, 2.45) is 0 Å². The fourth-order valence-electron chi connectivity index (χ4n) is 3.78. The molecule has 3 aromatic rings. The number of anilines is 1. The highest BCUT2D eigenvalue weighted by Crippen LogP contribution is 2.44. The zero-order valence-electron chi connectivity index (χ0n) is 19.2. The summed E-state index contributed by atoms with van der Waals surface area (Å²) in [5.41, 5.74) is 9.82. The maximum absolute atomic E-state index is 6.50. The quantitative estimate of drug-likeness (QED) is 0.388. The predicted molar refractivity (Wildman–Crippen MR) is 124 cm³/mol. The molecule has 7 heteroatoms. The normalized spacial score (nSPS) is 10.6. The molecule has 0 aliphatic heterocycles. The first-order valence-electron chi connectivity index (χ1n) is 9.96. The fourth-order valence-corrected chi connectivity index (χ4v) is 3.78. The number of hydrogen-bond acceptors (Lipinski definition) is 7. The molecule has 0 unspecified atom stereocenters. The molecule has 0 aliphatic carbocycles. The van der Waals surface area contributed by atoms with Crippen LogP contribution in [0, 0.1) is 0 Å². The fraction of sp³-hybridized carbons (Fsp3) is 0.280. The summed E-state index contributed by atoms with van der Waals surface area (Å²) in [7, 11) is 9.61.